The van der Waals surface area contributed by atoms with Crippen molar-refractivity contribution >= 4 is 17.4 Å². The minimum atomic E-state index is -2.83. The third-order valence-electron chi connectivity index (χ3n) is 2.96. The maximum absolute atomic E-state index is 12.4. The Morgan fingerprint density at radius 2 is 2.21 bits per heavy atom. The van der Waals surface area contributed by atoms with Gasteiger partial charge in [0.2, 0.25) is 0 Å². The molecule has 0 aliphatic carbocycles. The van der Waals surface area contributed by atoms with Gasteiger partial charge < -0.3 is 14.8 Å². The first-order valence-electron chi connectivity index (χ1n) is 6.09. The molecule has 1 fully saturated rings. The topological polar surface area (TPSA) is 30.5 Å². The molecule has 0 bridgehead atoms. The Morgan fingerprint density at radius 3 is 2.79 bits per heavy atom. The SMILES string of the molecule is COc1ccc(OC(F)F)c(NC2CSC(C)C2)c1. The summed E-state index contributed by atoms with van der Waals surface area (Å²) in [5.41, 5.74) is 0.555. The summed E-state index contributed by atoms with van der Waals surface area (Å²) in [6.07, 6.45) is 1.01. The van der Waals surface area contributed by atoms with Crippen LogP contribution in [0.2, 0.25) is 0 Å². The van der Waals surface area contributed by atoms with Crippen molar-refractivity contribution in [2.75, 3.05) is 18.2 Å². The summed E-state index contributed by atoms with van der Waals surface area (Å²) in [4.78, 5) is 0. The number of hydrogen-bond acceptors (Lipinski definition) is 4. The largest absolute Gasteiger partial charge is 0.497 e. The lowest BCUT2D eigenvalue weighted by atomic mass is 10.2. The highest BCUT2D eigenvalue weighted by Crippen LogP contribution is 2.34. The normalized spacial score (nSPS) is 22.6. The van der Waals surface area contributed by atoms with Gasteiger partial charge >= 0.3 is 6.61 Å². The van der Waals surface area contributed by atoms with Crippen LogP contribution in [0, 0.1) is 0 Å². The lowest BCUT2D eigenvalue weighted by Gasteiger charge is -2.17. The predicted octanol–water partition coefficient (Wildman–Crippen LogP) is 3.60. The van der Waals surface area contributed by atoms with Gasteiger partial charge in [0.05, 0.1) is 12.8 Å². The molecule has 1 saturated heterocycles. The van der Waals surface area contributed by atoms with E-state index in [4.69, 9.17) is 4.74 Å². The summed E-state index contributed by atoms with van der Waals surface area (Å²) in [6, 6.07) is 5.06. The van der Waals surface area contributed by atoms with Crippen LogP contribution >= 0.6 is 11.8 Å². The van der Waals surface area contributed by atoms with Gasteiger partial charge in [-0.2, -0.15) is 20.5 Å². The average Bonchev–Trinajstić information content (AvgIpc) is 2.76. The molecule has 106 valence electrons. The van der Waals surface area contributed by atoms with Crippen molar-refractivity contribution in [3.8, 4) is 11.5 Å². The van der Waals surface area contributed by atoms with Crippen LogP contribution in [0.1, 0.15) is 13.3 Å². The van der Waals surface area contributed by atoms with Crippen molar-refractivity contribution in [3.63, 3.8) is 0 Å². The van der Waals surface area contributed by atoms with Crippen LogP contribution in [0.3, 0.4) is 0 Å². The minimum absolute atomic E-state index is 0.153. The first-order chi connectivity index (χ1) is 9.08. The van der Waals surface area contributed by atoms with Crippen LogP contribution in [0.25, 0.3) is 0 Å². The summed E-state index contributed by atoms with van der Waals surface area (Å²) in [5.74, 6) is 1.73. The molecule has 1 aromatic rings. The summed E-state index contributed by atoms with van der Waals surface area (Å²) in [7, 11) is 1.54. The molecular weight excluding hydrogens is 272 g/mol. The Kier molecular flexibility index (Phi) is 4.74. The van der Waals surface area contributed by atoms with E-state index in [9.17, 15) is 8.78 Å². The second-order valence-corrected chi connectivity index (χ2v) is 5.93. The molecule has 6 heteroatoms. The van der Waals surface area contributed by atoms with E-state index in [1.54, 1.807) is 19.2 Å². The van der Waals surface area contributed by atoms with Gasteiger partial charge in [-0.15, -0.1) is 0 Å². The van der Waals surface area contributed by atoms with Gasteiger partial charge in [0.1, 0.15) is 11.5 Å². The molecule has 2 unspecified atom stereocenters. The molecule has 0 amide bonds. The number of nitrogens with one attached hydrogen (secondary N) is 1. The predicted molar refractivity (Wildman–Crippen MR) is 73.6 cm³/mol. The van der Waals surface area contributed by atoms with Crippen molar-refractivity contribution in [3.05, 3.63) is 18.2 Å². The molecule has 1 aliphatic rings. The summed E-state index contributed by atoms with van der Waals surface area (Å²) in [5, 5.41) is 3.85. The van der Waals surface area contributed by atoms with Crippen LogP contribution < -0.4 is 14.8 Å². The number of ether oxygens (including phenoxy) is 2. The smallest absolute Gasteiger partial charge is 0.387 e. The Hall–Kier alpha value is -1.17. The molecule has 19 heavy (non-hydrogen) atoms. The summed E-state index contributed by atoms with van der Waals surface area (Å²) < 4.78 is 34.4. The van der Waals surface area contributed by atoms with Gasteiger partial charge in [-0.25, -0.2) is 0 Å². The van der Waals surface area contributed by atoms with E-state index in [1.165, 1.54) is 6.07 Å². The van der Waals surface area contributed by atoms with Crippen molar-refractivity contribution in [2.45, 2.75) is 31.2 Å². The molecule has 1 aliphatic heterocycles. The van der Waals surface area contributed by atoms with Gasteiger partial charge in [-0.1, -0.05) is 6.92 Å². The number of rotatable bonds is 5. The van der Waals surface area contributed by atoms with E-state index in [1.807, 2.05) is 11.8 Å². The summed E-state index contributed by atoms with van der Waals surface area (Å²) in [6.45, 7) is -0.667. The van der Waals surface area contributed by atoms with Gasteiger partial charge in [0.15, 0.2) is 0 Å². The zero-order valence-corrected chi connectivity index (χ0v) is 11.7. The first-order valence-corrected chi connectivity index (χ1v) is 7.14. The van der Waals surface area contributed by atoms with Crippen LogP contribution in [0.15, 0.2) is 18.2 Å². The van der Waals surface area contributed by atoms with Gasteiger partial charge in [-0.05, 0) is 18.6 Å². The number of anilines is 1. The maximum atomic E-state index is 12.4. The molecule has 0 aromatic heterocycles. The number of methoxy groups -OCH3 is 1. The molecule has 0 radical (unpaired) electrons. The van der Waals surface area contributed by atoms with Gasteiger partial charge in [0, 0.05) is 23.1 Å². The quantitative estimate of drug-likeness (QED) is 0.897. The molecule has 3 nitrogen and oxygen atoms in total. The lowest BCUT2D eigenvalue weighted by Crippen LogP contribution is -2.20. The third kappa shape index (κ3) is 3.89. The average molecular weight is 289 g/mol. The van der Waals surface area contributed by atoms with Crippen molar-refractivity contribution in [1.82, 2.24) is 0 Å². The Labute approximate surface area is 115 Å². The highest BCUT2D eigenvalue weighted by Gasteiger charge is 2.23. The van der Waals surface area contributed by atoms with E-state index < -0.39 is 6.61 Å². The van der Waals surface area contributed by atoms with Crippen LogP contribution in [-0.4, -0.2) is 30.8 Å². The number of benzene rings is 1. The molecular formula is C13H17F2NO2S. The standard InChI is InChI=1S/C13H17F2NO2S/c1-8-5-9(7-19-8)16-11-6-10(17-2)3-4-12(11)18-13(14)15/h3-4,6,8-9,13,16H,5,7H2,1-2H3. The first kappa shape index (κ1) is 14.2. The number of alkyl halides is 2. The molecule has 2 rings (SSSR count). The molecule has 0 spiro atoms. The van der Waals surface area contributed by atoms with Crippen LogP contribution in [0.4, 0.5) is 14.5 Å². The zero-order valence-electron chi connectivity index (χ0n) is 10.9. The third-order valence-corrected chi connectivity index (χ3v) is 4.32. The number of halogens is 2. The zero-order chi connectivity index (χ0) is 13.8. The van der Waals surface area contributed by atoms with E-state index in [2.05, 4.69) is 17.0 Å². The number of thioether (sulfide) groups is 1. The molecule has 1 heterocycles. The van der Waals surface area contributed by atoms with Crippen LogP contribution in [0.5, 0.6) is 11.5 Å². The highest BCUT2D eigenvalue weighted by molar-refractivity contribution is 8.00. The Morgan fingerprint density at radius 1 is 1.42 bits per heavy atom. The maximum Gasteiger partial charge on any atom is 0.387 e. The fourth-order valence-corrected chi connectivity index (χ4v) is 3.23. The van der Waals surface area contributed by atoms with Gasteiger partial charge in [-0.3, -0.25) is 0 Å². The van der Waals surface area contributed by atoms with E-state index in [0.717, 1.165) is 12.2 Å². The van der Waals surface area contributed by atoms with Crippen molar-refractivity contribution in [2.24, 2.45) is 0 Å². The monoisotopic (exact) mass is 289 g/mol. The molecule has 1 aromatic carbocycles. The molecule has 1 N–H and O–H groups in total. The second-order valence-electron chi connectivity index (χ2n) is 4.46. The van der Waals surface area contributed by atoms with Crippen molar-refractivity contribution < 1.29 is 18.3 Å². The lowest BCUT2D eigenvalue weighted by molar-refractivity contribution is -0.0494. The minimum Gasteiger partial charge on any atom is -0.497 e. The van der Waals surface area contributed by atoms with E-state index >= 15 is 0 Å². The molecule has 2 atom stereocenters. The fraction of sp³-hybridized carbons (Fsp3) is 0.538. The molecule has 0 saturated carbocycles. The van der Waals surface area contributed by atoms with E-state index in [-0.39, 0.29) is 11.8 Å². The summed E-state index contributed by atoms with van der Waals surface area (Å²) >= 11 is 1.87. The van der Waals surface area contributed by atoms with Gasteiger partial charge in [0.25, 0.3) is 0 Å². The second kappa shape index (κ2) is 6.32. The fourth-order valence-electron chi connectivity index (χ4n) is 2.09. The Balaban J connectivity index is 2.14. The Bertz CT molecular complexity index is 431. The van der Waals surface area contributed by atoms with Crippen molar-refractivity contribution in [1.29, 1.82) is 0 Å². The highest BCUT2D eigenvalue weighted by atomic mass is 32.2. The van der Waals surface area contributed by atoms with E-state index in [0.29, 0.717) is 16.7 Å². The van der Waals surface area contributed by atoms with Crippen LogP contribution in [-0.2, 0) is 0 Å². The number of hydrogen-bond donors (Lipinski definition) is 1.